The summed E-state index contributed by atoms with van der Waals surface area (Å²) in [6.07, 6.45) is 9.07. The average Bonchev–Trinajstić information content (AvgIpc) is 2.76. The fraction of sp³-hybridized carbons (Fsp3) is 0.857. The molecule has 0 amide bonds. The van der Waals surface area contributed by atoms with Crippen LogP contribution in [0.4, 0.5) is 0 Å². The summed E-state index contributed by atoms with van der Waals surface area (Å²) in [5.41, 5.74) is 4.53. The minimum Gasteiger partial charge on any atom is -0.388 e. The lowest BCUT2D eigenvalue weighted by Crippen LogP contribution is -2.36. The fourth-order valence-corrected chi connectivity index (χ4v) is 2.62. The molecule has 3 N–H and O–H groups in total. The van der Waals surface area contributed by atoms with E-state index in [2.05, 4.69) is 10.1 Å². The zero-order chi connectivity index (χ0) is 13.7. The molecule has 1 aromatic heterocycles. The summed E-state index contributed by atoms with van der Waals surface area (Å²) in [6.45, 7) is 1.88. The fourth-order valence-electron chi connectivity index (χ4n) is 2.62. The average molecular weight is 267 g/mol. The Labute approximate surface area is 114 Å². The van der Waals surface area contributed by atoms with Crippen molar-refractivity contribution in [3.05, 3.63) is 11.7 Å². The number of aromatic nitrogens is 2. The van der Waals surface area contributed by atoms with Gasteiger partial charge in [-0.1, -0.05) is 37.3 Å². The summed E-state index contributed by atoms with van der Waals surface area (Å²) in [4.78, 5) is 4.45. The molecular formula is C14H25N3O2. The quantitative estimate of drug-likeness (QED) is 0.873. The molecule has 0 saturated heterocycles. The first-order valence-corrected chi connectivity index (χ1v) is 7.36. The highest BCUT2D eigenvalue weighted by Gasteiger charge is 2.24. The summed E-state index contributed by atoms with van der Waals surface area (Å²) < 4.78 is 5.25. The molecule has 1 heterocycles. The van der Waals surface area contributed by atoms with Crippen LogP contribution in [0.1, 0.15) is 69.5 Å². The van der Waals surface area contributed by atoms with E-state index in [0.717, 1.165) is 18.7 Å². The van der Waals surface area contributed by atoms with Gasteiger partial charge < -0.3 is 15.4 Å². The third-order valence-corrected chi connectivity index (χ3v) is 3.93. The van der Waals surface area contributed by atoms with E-state index in [4.69, 9.17) is 10.3 Å². The Hall–Kier alpha value is -0.940. The molecule has 0 aromatic carbocycles. The van der Waals surface area contributed by atoms with Crippen molar-refractivity contribution in [2.24, 2.45) is 5.73 Å². The van der Waals surface area contributed by atoms with Crippen LogP contribution in [-0.2, 0) is 6.42 Å². The predicted molar refractivity (Wildman–Crippen MR) is 72.7 cm³/mol. The molecule has 0 bridgehead atoms. The highest BCUT2D eigenvalue weighted by atomic mass is 16.5. The Kier molecular flexibility index (Phi) is 4.93. The minimum atomic E-state index is -0.968. The van der Waals surface area contributed by atoms with Crippen molar-refractivity contribution in [2.75, 3.05) is 6.54 Å². The molecular weight excluding hydrogens is 242 g/mol. The number of nitrogens with zero attached hydrogens (tertiary/aromatic N) is 2. The molecule has 0 radical (unpaired) electrons. The van der Waals surface area contributed by atoms with E-state index in [-0.39, 0.29) is 6.54 Å². The molecule has 1 atom stereocenters. The summed E-state index contributed by atoms with van der Waals surface area (Å²) in [5.74, 6) is 1.72. The number of rotatable bonds is 4. The number of hydrogen-bond acceptors (Lipinski definition) is 5. The van der Waals surface area contributed by atoms with Gasteiger partial charge in [-0.3, -0.25) is 0 Å². The second-order valence-corrected chi connectivity index (χ2v) is 5.97. The van der Waals surface area contributed by atoms with Crippen molar-refractivity contribution >= 4 is 0 Å². The highest BCUT2D eigenvalue weighted by molar-refractivity contribution is 4.98. The van der Waals surface area contributed by atoms with Gasteiger partial charge in [0.15, 0.2) is 5.82 Å². The van der Waals surface area contributed by atoms with E-state index in [9.17, 15) is 5.11 Å². The topological polar surface area (TPSA) is 85.2 Å². The van der Waals surface area contributed by atoms with Gasteiger partial charge in [-0.05, 0) is 19.8 Å². The van der Waals surface area contributed by atoms with Crippen molar-refractivity contribution in [3.8, 4) is 0 Å². The first-order chi connectivity index (χ1) is 9.11. The normalized spacial score (nSPS) is 21.6. The maximum absolute atomic E-state index is 9.93. The molecule has 1 unspecified atom stereocenters. The van der Waals surface area contributed by atoms with Gasteiger partial charge in [-0.2, -0.15) is 4.98 Å². The largest absolute Gasteiger partial charge is 0.388 e. The lowest BCUT2D eigenvalue weighted by Gasteiger charge is -2.18. The molecule has 5 heteroatoms. The van der Waals surface area contributed by atoms with Crippen molar-refractivity contribution < 1.29 is 9.63 Å². The van der Waals surface area contributed by atoms with Gasteiger partial charge in [0.1, 0.15) is 0 Å². The third kappa shape index (κ3) is 4.28. The number of hydrogen-bond donors (Lipinski definition) is 2. The minimum absolute atomic E-state index is 0.189. The van der Waals surface area contributed by atoms with Gasteiger partial charge in [0.2, 0.25) is 5.89 Å². The van der Waals surface area contributed by atoms with Crippen molar-refractivity contribution in [2.45, 2.75) is 69.8 Å². The van der Waals surface area contributed by atoms with Crippen molar-refractivity contribution in [1.29, 1.82) is 0 Å². The van der Waals surface area contributed by atoms with Crippen LogP contribution in [0.3, 0.4) is 0 Å². The Balaban J connectivity index is 1.98. The van der Waals surface area contributed by atoms with Crippen molar-refractivity contribution in [1.82, 2.24) is 10.1 Å². The first-order valence-electron chi connectivity index (χ1n) is 7.36. The number of aliphatic hydroxyl groups is 1. The van der Waals surface area contributed by atoms with E-state index in [1.807, 2.05) is 0 Å². The second kappa shape index (κ2) is 6.48. The Morgan fingerprint density at radius 1 is 1.26 bits per heavy atom. The van der Waals surface area contributed by atoms with Crippen LogP contribution in [0.2, 0.25) is 0 Å². The van der Waals surface area contributed by atoms with E-state index in [1.54, 1.807) is 6.92 Å². The summed E-state index contributed by atoms with van der Waals surface area (Å²) in [5, 5.41) is 14.0. The third-order valence-electron chi connectivity index (χ3n) is 3.93. The number of nitrogens with two attached hydrogens (primary N) is 1. The summed E-state index contributed by atoms with van der Waals surface area (Å²) >= 11 is 0. The van der Waals surface area contributed by atoms with E-state index < -0.39 is 5.60 Å². The highest BCUT2D eigenvalue weighted by Crippen LogP contribution is 2.29. The predicted octanol–water partition coefficient (Wildman–Crippen LogP) is 2.15. The van der Waals surface area contributed by atoms with Crippen LogP contribution in [-0.4, -0.2) is 27.4 Å². The molecule has 1 aliphatic carbocycles. The molecule has 108 valence electrons. The summed E-state index contributed by atoms with van der Waals surface area (Å²) in [6, 6.07) is 0. The molecule has 0 spiro atoms. The standard InChI is InChI=1S/C14H25N3O2/c1-14(18,10-15)9-12-16-13(17-19-12)11-7-5-3-2-4-6-8-11/h11,18H,2-10,15H2,1H3. The van der Waals surface area contributed by atoms with Crippen LogP contribution in [0, 0.1) is 0 Å². The van der Waals surface area contributed by atoms with Gasteiger partial charge in [0.25, 0.3) is 0 Å². The van der Waals surface area contributed by atoms with Crippen LogP contribution in [0.5, 0.6) is 0 Å². The Morgan fingerprint density at radius 3 is 2.53 bits per heavy atom. The molecule has 19 heavy (non-hydrogen) atoms. The van der Waals surface area contributed by atoms with Crippen molar-refractivity contribution in [3.63, 3.8) is 0 Å². The van der Waals surface area contributed by atoms with Gasteiger partial charge in [0, 0.05) is 12.5 Å². The van der Waals surface area contributed by atoms with E-state index in [1.165, 1.54) is 32.1 Å². The SMILES string of the molecule is CC(O)(CN)Cc1nc(C2CCCCCCC2)no1. The smallest absolute Gasteiger partial charge is 0.229 e. The maximum atomic E-state index is 9.93. The van der Waals surface area contributed by atoms with Crippen LogP contribution < -0.4 is 5.73 Å². The Morgan fingerprint density at radius 2 is 1.89 bits per heavy atom. The monoisotopic (exact) mass is 267 g/mol. The first kappa shape index (κ1) is 14.5. The van der Waals surface area contributed by atoms with E-state index in [0.29, 0.717) is 18.2 Å². The van der Waals surface area contributed by atoms with Gasteiger partial charge in [0.05, 0.1) is 12.0 Å². The zero-order valence-corrected chi connectivity index (χ0v) is 11.8. The van der Waals surface area contributed by atoms with Crippen LogP contribution >= 0.6 is 0 Å². The Bertz CT molecular complexity index is 382. The van der Waals surface area contributed by atoms with Crippen LogP contribution in [0.15, 0.2) is 4.52 Å². The molecule has 5 nitrogen and oxygen atoms in total. The molecule has 1 aliphatic rings. The molecule has 1 fully saturated rings. The lowest BCUT2D eigenvalue weighted by molar-refractivity contribution is 0.0610. The van der Waals surface area contributed by atoms with E-state index >= 15 is 0 Å². The molecule has 0 aliphatic heterocycles. The van der Waals surface area contributed by atoms with Gasteiger partial charge in [-0.15, -0.1) is 0 Å². The summed E-state index contributed by atoms with van der Waals surface area (Å²) in [7, 11) is 0. The maximum Gasteiger partial charge on any atom is 0.229 e. The molecule has 1 saturated carbocycles. The van der Waals surface area contributed by atoms with Crippen LogP contribution in [0.25, 0.3) is 0 Å². The second-order valence-electron chi connectivity index (χ2n) is 5.97. The lowest BCUT2D eigenvalue weighted by atomic mass is 9.91. The van der Waals surface area contributed by atoms with Gasteiger partial charge in [-0.25, -0.2) is 0 Å². The van der Waals surface area contributed by atoms with Gasteiger partial charge >= 0.3 is 0 Å². The zero-order valence-electron chi connectivity index (χ0n) is 11.8. The molecule has 2 rings (SSSR count). The molecule has 1 aromatic rings.